The molecule has 11 fully saturated rings. The number of carbonyl (C=O) groups is 5. The summed E-state index contributed by atoms with van der Waals surface area (Å²) in [5, 5.41) is 39.6. The third-order valence-electron chi connectivity index (χ3n) is 38.7. The topological polar surface area (TPSA) is 311 Å². The number of aromatic amines is 1. The van der Waals surface area contributed by atoms with Crippen molar-refractivity contribution in [1.29, 1.82) is 0 Å². The number of ether oxygens (including phenoxy) is 9. The van der Waals surface area contributed by atoms with E-state index in [1.807, 2.05) is 58.3 Å². The summed E-state index contributed by atoms with van der Waals surface area (Å²) in [7, 11) is 16.3. The fraction of sp³-hybridized carbons (Fsp3) is 0.794. The fourth-order valence-corrected chi connectivity index (χ4v) is 31.7. The van der Waals surface area contributed by atoms with E-state index < -0.39 is 33.6 Å². The lowest BCUT2D eigenvalue weighted by atomic mass is 9.45. The van der Waals surface area contributed by atoms with E-state index in [4.69, 9.17) is 63.0 Å². The van der Waals surface area contributed by atoms with Crippen LogP contribution in [0.5, 0.6) is 17.6 Å². The zero-order chi connectivity index (χ0) is 94.8. The maximum Gasteiger partial charge on any atom is 0.269 e. The van der Waals surface area contributed by atoms with Gasteiger partial charge in [-0.15, -0.1) is 0 Å². The van der Waals surface area contributed by atoms with Crippen molar-refractivity contribution in [3.63, 3.8) is 0 Å². The second-order valence-corrected chi connectivity index (χ2v) is 47.2. The van der Waals surface area contributed by atoms with Crippen molar-refractivity contribution < 1.29 is 71.7 Å². The van der Waals surface area contributed by atoms with Gasteiger partial charge in [-0.3, -0.25) is 38.5 Å². The molecule has 4 aromatic rings. The number of fused-ring (bicyclic) bond motifs is 18. The van der Waals surface area contributed by atoms with Crippen molar-refractivity contribution in [3.8, 4) is 17.6 Å². The molecular formula is C102H154N12O16. The molecule has 3 spiro atoms. The minimum Gasteiger partial charge on any atom is -0.515 e. The Bertz CT molecular complexity index is 5340. The zero-order valence-electron chi connectivity index (χ0n) is 84.0. The summed E-state index contributed by atoms with van der Waals surface area (Å²) in [6.07, 6.45) is 21.7. The van der Waals surface area contributed by atoms with Crippen LogP contribution in [0, 0.1) is 89.7 Å². The number of rotatable bonds is 3. The van der Waals surface area contributed by atoms with E-state index in [9.17, 15) is 33.9 Å². The molecule has 0 bridgehead atoms. The highest BCUT2D eigenvalue weighted by Crippen LogP contribution is 2.69. The molecule has 9 heterocycles. The molecule has 17 aliphatic rings. The number of allylic oxidation sites excluding steroid dienone is 1. The summed E-state index contributed by atoms with van der Waals surface area (Å²) in [6.45, 7) is 48.1. The van der Waals surface area contributed by atoms with Crippen LogP contribution in [0.3, 0.4) is 0 Å². The molecular weight excluding hydrogens is 1650 g/mol. The number of aliphatic hydroxyl groups is 1. The number of aromatic nitrogens is 8. The Hall–Kier alpha value is -7.37. The lowest BCUT2D eigenvalue weighted by molar-refractivity contribution is -0.279. The molecule has 130 heavy (non-hydrogen) atoms. The molecule has 14 atom stereocenters. The van der Waals surface area contributed by atoms with E-state index >= 15 is 0 Å². The third-order valence-corrected chi connectivity index (χ3v) is 38.7. The van der Waals surface area contributed by atoms with Crippen LogP contribution in [-0.2, 0) is 128 Å². The number of nitrogens with one attached hydrogen (secondary N) is 1. The number of nitrogens with zero attached hydrogens (tertiary/aromatic N) is 11. The normalized spacial score (nSPS) is 36.7. The average molecular weight is 1800 g/mol. The molecule has 12 aliphatic carbocycles. The maximum atomic E-state index is 12.7. The monoisotopic (exact) mass is 1800 g/mol. The number of aryl methyl sites for hydroxylation is 4. The van der Waals surface area contributed by atoms with Gasteiger partial charge in [0, 0.05) is 173 Å². The van der Waals surface area contributed by atoms with Gasteiger partial charge in [0.05, 0.1) is 107 Å². The zero-order valence-corrected chi connectivity index (χ0v) is 84.0. The second kappa shape index (κ2) is 31.9. The second-order valence-electron chi connectivity index (χ2n) is 47.2. The quantitative estimate of drug-likeness (QED) is 0.142. The molecule has 0 aromatic carbocycles. The Labute approximate surface area is 770 Å². The van der Waals surface area contributed by atoms with Gasteiger partial charge in [-0.05, 0) is 165 Å². The van der Waals surface area contributed by atoms with E-state index in [-0.39, 0.29) is 88.6 Å². The Morgan fingerprint density at radius 3 is 1.08 bits per heavy atom. The summed E-state index contributed by atoms with van der Waals surface area (Å²) >= 11 is 0. The van der Waals surface area contributed by atoms with Crippen molar-refractivity contribution in [3.05, 3.63) is 67.2 Å². The van der Waals surface area contributed by atoms with Crippen LogP contribution in [0.15, 0.2) is 26.8 Å². The van der Waals surface area contributed by atoms with Crippen LogP contribution < -0.4 is 19.8 Å². The largest absolute Gasteiger partial charge is 0.515 e. The van der Waals surface area contributed by atoms with Crippen LogP contribution in [0.1, 0.15) is 305 Å². The van der Waals surface area contributed by atoms with Gasteiger partial charge in [-0.1, -0.05) is 125 Å². The van der Waals surface area contributed by atoms with Crippen LogP contribution in [0.2, 0.25) is 0 Å². The van der Waals surface area contributed by atoms with Crippen LogP contribution in [0.4, 0.5) is 0 Å². The highest BCUT2D eigenvalue weighted by atomic mass is 16.8. The van der Waals surface area contributed by atoms with E-state index in [1.54, 1.807) is 49.8 Å². The smallest absolute Gasteiger partial charge is 0.269 e. The fourth-order valence-electron chi connectivity index (χ4n) is 31.7. The summed E-state index contributed by atoms with van der Waals surface area (Å²) in [4.78, 5) is 74.7. The highest BCUT2D eigenvalue weighted by Gasteiger charge is 2.72. The predicted molar refractivity (Wildman–Crippen MR) is 493 cm³/mol. The minimum atomic E-state index is -0.496. The van der Waals surface area contributed by atoms with Crippen molar-refractivity contribution in [1.82, 2.24) is 49.1 Å². The standard InChI is InChI=1S/2C18H28N2O3.C17H26N2O3.C17H24N2O3.2C16H24N2O2/c1-15(2)12-6-7-17(4)13(19-20(5)14(17)21)16(12,3)8-9-18(15)22-10-11-23-18;1-16(2)13-7-6-12-14(19-20(4)15(12)21-5)17(13,3)8-9-18(16)22-10-11-23-18;1-15(2)12-6-5-11-13(18-19(4)14(11)20)16(12,3)7-8-17(15)21-9-10-22-17;1-16(2)12-7-6-11-13(18-19(4)15(11)22-5)17(12,3)8-10(9-20)14(16)21;1-14(2)10-6-8-16(4)12(17-18(5)13(16)20)15(10,3)9-7-11(14)19;1-15(2)11-7-6-10-13(17-18(4)14(10)20-5)16(11,3)9-8-12(15)19/h12H,6-11H2,1-5H3;13H,6-11H2,1-5H3;12,18H,5-10H2,1-4H3;9,12,20H,6-8H2,1-5H3;10H,6-9H2,1-5H3;11H,6-9H2,1-5H3/b;;;10-9-;;/t12-,16-,17?;13-,17-;12-,16-;12-,17-;10-,15-,16?;11-,16-/m000000/s1. The molecule has 2 N–H and O–H groups in total. The number of H-pyrrole nitrogens is 1. The maximum absolute atomic E-state index is 12.7. The Balaban J connectivity index is 0.000000114. The first-order valence-corrected chi connectivity index (χ1v) is 48.7. The van der Waals surface area contributed by atoms with E-state index in [0.29, 0.717) is 92.4 Å². The number of amides is 2. The first-order chi connectivity index (χ1) is 60.6. The van der Waals surface area contributed by atoms with Gasteiger partial charge in [-0.25, -0.2) is 24.1 Å². The number of ketones is 3. The molecule has 8 saturated carbocycles. The van der Waals surface area contributed by atoms with Crippen molar-refractivity contribution in [2.45, 2.75) is 325 Å². The first kappa shape index (κ1) is 95.8. The summed E-state index contributed by atoms with van der Waals surface area (Å²) in [5.74, 6) is 4.63. The van der Waals surface area contributed by atoms with Crippen LogP contribution in [-0.4, -0.2) is 187 Å². The van der Waals surface area contributed by atoms with Gasteiger partial charge < -0.3 is 47.7 Å². The number of carbonyl (C=O) groups excluding carboxylic acids is 5. The van der Waals surface area contributed by atoms with Gasteiger partial charge in [0.15, 0.2) is 23.1 Å². The Morgan fingerprint density at radius 1 is 0.369 bits per heavy atom. The number of methoxy groups -OCH3 is 3. The number of hydrogen-bond donors (Lipinski definition) is 2. The number of hydrogen-bond acceptors (Lipinski definition) is 21. The minimum absolute atomic E-state index is 0.000463. The lowest BCUT2D eigenvalue weighted by Crippen LogP contribution is -2.64. The molecule has 2 amide bonds. The predicted octanol–water partition coefficient (Wildman–Crippen LogP) is 15.7. The van der Waals surface area contributed by atoms with Crippen LogP contribution >= 0.6 is 0 Å². The molecule has 28 heteroatoms. The molecule has 28 nitrogen and oxygen atoms in total. The molecule has 3 saturated heterocycles. The molecule has 4 aromatic heterocycles. The van der Waals surface area contributed by atoms with E-state index in [1.165, 1.54) is 21.8 Å². The number of Topliss-reactive ketones (excluding diaryl/α,β-unsaturated/α-hetero) is 3. The Morgan fingerprint density at radius 2 is 0.685 bits per heavy atom. The first-order valence-electron chi connectivity index (χ1n) is 48.7. The molecule has 0 radical (unpaired) electrons. The SMILES string of the molecule is CN1N=C2C(C)(CC[C@H]3C(C)(C)C(=O)CC[C@]23C)C1=O.CN1N=C2C(C)(CC[C@H]3C(C)(C)C4(CC[C@]23C)OCCO4)C1=O.COc1c2c(nn1C)[C@@]1(C)C/C(=C/O)C(=O)C(C)(C)[C@@H]1CC2.COc1c2c(nn1C)[C@@]1(C)CCC(=O)C(C)(C)[C@@H]1CC2.COc1c2c(nn1C)[C@@]1(C)CCC3(OCCO3)C(C)(C)[C@@H]1CC2.Cn1[nH]c2c(c1=O)CC[C@H]1C(C)(C)C3(CC[C@]21C)OCCO3. The highest BCUT2D eigenvalue weighted by molar-refractivity contribution is 6.16. The van der Waals surface area contributed by atoms with Gasteiger partial charge >= 0.3 is 0 Å². The van der Waals surface area contributed by atoms with Gasteiger partial charge in [0.2, 0.25) is 17.6 Å². The third kappa shape index (κ3) is 13.4. The number of hydrazone groups is 2. The van der Waals surface area contributed by atoms with Gasteiger partial charge in [0.25, 0.3) is 17.4 Å². The number of aliphatic hydroxyl groups excluding tert-OH is 1. The van der Waals surface area contributed by atoms with E-state index in [2.05, 4.69) is 128 Å². The molecule has 718 valence electrons. The van der Waals surface area contributed by atoms with Crippen LogP contribution in [0.25, 0.3) is 0 Å². The summed E-state index contributed by atoms with van der Waals surface area (Å²) < 4.78 is 60.6. The molecule has 21 rings (SSSR count). The van der Waals surface area contributed by atoms with Crippen molar-refractivity contribution >= 4 is 40.6 Å². The van der Waals surface area contributed by atoms with Crippen molar-refractivity contribution in [2.75, 3.05) is 75.1 Å². The Kier molecular flexibility index (Phi) is 23.5. The lowest BCUT2D eigenvalue weighted by Gasteiger charge is -2.61. The van der Waals surface area contributed by atoms with Gasteiger partial charge in [-0.2, -0.15) is 25.5 Å². The van der Waals surface area contributed by atoms with Gasteiger partial charge in [0.1, 0.15) is 11.6 Å². The van der Waals surface area contributed by atoms with E-state index in [0.717, 1.165) is 205 Å². The molecule has 5 aliphatic heterocycles. The molecule has 2 unspecified atom stereocenters. The van der Waals surface area contributed by atoms with Crippen molar-refractivity contribution in [2.24, 2.45) is 128 Å². The average Bonchev–Trinajstić information content (AvgIpc) is 1.43. The summed E-state index contributed by atoms with van der Waals surface area (Å²) in [5.41, 5.74) is 9.52. The summed E-state index contributed by atoms with van der Waals surface area (Å²) in [6, 6.07) is 0.